The molecular formula is C30H29F3N6O5S2. The zero-order valence-electron chi connectivity index (χ0n) is 24.5. The number of ether oxygens (including phenoxy) is 1. The van der Waals surface area contributed by atoms with E-state index in [1.54, 1.807) is 18.2 Å². The second-order valence-corrected chi connectivity index (χ2v) is 13.1. The van der Waals surface area contributed by atoms with Crippen LogP contribution in [0.3, 0.4) is 0 Å². The number of anilines is 1. The van der Waals surface area contributed by atoms with E-state index in [1.165, 1.54) is 45.3 Å². The van der Waals surface area contributed by atoms with Crippen molar-refractivity contribution in [2.75, 3.05) is 37.4 Å². The number of hydrogen-bond acceptors (Lipinski definition) is 8. The van der Waals surface area contributed by atoms with Crippen molar-refractivity contribution in [2.45, 2.75) is 29.7 Å². The van der Waals surface area contributed by atoms with Gasteiger partial charge in [0.05, 0.1) is 41.7 Å². The number of alkyl halides is 3. The van der Waals surface area contributed by atoms with E-state index in [0.29, 0.717) is 18.9 Å². The molecule has 242 valence electrons. The number of morpholine rings is 1. The lowest BCUT2D eigenvalue weighted by Crippen LogP contribution is -2.40. The molecule has 0 saturated carbocycles. The van der Waals surface area contributed by atoms with E-state index in [1.807, 2.05) is 13.0 Å². The van der Waals surface area contributed by atoms with E-state index >= 15 is 0 Å². The molecule has 1 aliphatic rings. The van der Waals surface area contributed by atoms with Gasteiger partial charge in [-0.2, -0.15) is 17.5 Å². The number of nitrogens with one attached hydrogen (secondary N) is 2. The lowest BCUT2D eigenvalue weighted by atomic mass is 10.2. The fourth-order valence-electron chi connectivity index (χ4n) is 4.61. The van der Waals surface area contributed by atoms with Crippen LogP contribution in [0.2, 0.25) is 0 Å². The number of aromatic nitrogens is 3. The topological polar surface area (TPSA) is 136 Å². The van der Waals surface area contributed by atoms with Crippen molar-refractivity contribution >= 4 is 39.3 Å². The molecule has 0 bridgehead atoms. The summed E-state index contributed by atoms with van der Waals surface area (Å²) < 4.78 is 74.3. The Balaban J connectivity index is 1.33. The Kier molecular flexibility index (Phi) is 10.1. The summed E-state index contributed by atoms with van der Waals surface area (Å²) >= 11 is 0.968. The Morgan fingerprint density at radius 3 is 2.39 bits per heavy atom. The molecule has 0 unspecified atom stereocenters. The summed E-state index contributed by atoms with van der Waals surface area (Å²) in [6.45, 7) is 2.71. The fraction of sp³-hybridized carbons (Fsp3) is 0.267. The molecule has 1 aliphatic heterocycles. The molecule has 2 heterocycles. The summed E-state index contributed by atoms with van der Waals surface area (Å²) in [6, 6.07) is 17.2. The van der Waals surface area contributed by atoms with E-state index < -0.39 is 27.7 Å². The number of nitrogens with zero attached hydrogens (tertiary/aromatic N) is 4. The average molecular weight is 675 g/mol. The van der Waals surface area contributed by atoms with E-state index in [-0.39, 0.29) is 58.4 Å². The average Bonchev–Trinajstić information content (AvgIpc) is 3.45. The highest BCUT2D eigenvalue weighted by atomic mass is 32.2. The van der Waals surface area contributed by atoms with Gasteiger partial charge < -0.3 is 15.4 Å². The van der Waals surface area contributed by atoms with Gasteiger partial charge in [-0.3, -0.25) is 14.2 Å². The van der Waals surface area contributed by atoms with Crippen molar-refractivity contribution in [3.05, 3.63) is 95.3 Å². The maximum Gasteiger partial charge on any atom is 0.416 e. The molecule has 0 spiro atoms. The fourth-order valence-corrected chi connectivity index (χ4v) is 6.79. The van der Waals surface area contributed by atoms with Gasteiger partial charge >= 0.3 is 6.18 Å². The van der Waals surface area contributed by atoms with Gasteiger partial charge in [0.2, 0.25) is 15.9 Å². The number of hydrogen-bond donors (Lipinski definition) is 2. The highest BCUT2D eigenvalue weighted by molar-refractivity contribution is 7.99. The van der Waals surface area contributed by atoms with Crippen LogP contribution in [0.15, 0.2) is 82.8 Å². The molecule has 0 atom stereocenters. The van der Waals surface area contributed by atoms with Crippen LogP contribution in [0.25, 0.3) is 5.69 Å². The molecule has 0 radical (unpaired) electrons. The van der Waals surface area contributed by atoms with Crippen molar-refractivity contribution in [2.24, 2.45) is 0 Å². The second-order valence-electron chi connectivity index (χ2n) is 10.2. The lowest BCUT2D eigenvalue weighted by molar-refractivity contribution is -0.137. The molecule has 1 saturated heterocycles. The van der Waals surface area contributed by atoms with E-state index in [4.69, 9.17) is 4.74 Å². The van der Waals surface area contributed by atoms with Crippen molar-refractivity contribution in [3.63, 3.8) is 0 Å². The van der Waals surface area contributed by atoms with Crippen molar-refractivity contribution in [1.29, 1.82) is 0 Å². The second kappa shape index (κ2) is 14.0. The van der Waals surface area contributed by atoms with E-state index in [0.717, 1.165) is 29.5 Å². The Bertz CT molecular complexity index is 1830. The van der Waals surface area contributed by atoms with Gasteiger partial charge in [0, 0.05) is 24.3 Å². The SMILES string of the molecule is Cc1cccc(NC(=O)CSc2nnc(CNC(=O)c3ccc(S(=O)(=O)N4CCOCC4)cc3)n2-c2cccc(C(F)(F)F)c2)c1. The summed E-state index contributed by atoms with van der Waals surface area (Å²) in [6.07, 6.45) is -4.61. The third-order valence-electron chi connectivity index (χ3n) is 6.90. The number of amides is 2. The Morgan fingerprint density at radius 2 is 1.70 bits per heavy atom. The summed E-state index contributed by atoms with van der Waals surface area (Å²) in [5.41, 5.74) is 0.904. The van der Waals surface area contributed by atoms with Crippen LogP contribution in [-0.2, 0) is 32.3 Å². The maximum absolute atomic E-state index is 13.5. The van der Waals surface area contributed by atoms with Gasteiger partial charge in [-0.05, 0) is 67.1 Å². The summed E-state index contributed by atoms with van der Waals surface area (Å²) in [5, 5.41) is 13.8. The van der Waals surface area contributed by atoms with Crippen molar-refractivity contribution in [1.82, 2.24) is 24.4 Å². The highest BCUT2D eigenvalue weighted by Crippen LogP contribution is 2.32. The molecular weight excluding hydrogens is 645 g/mol. The van der Waals surface area contributed by atoms with Crippen LogP contribution in [0.4, 0.5) is 18.9 Å². The first-order valence-corrected chi connectivity index (χ1v) is 16.4. The lowest BCUT2D eigenvalue weighted by Gasteiger charge is -2.26. The maximum atomic E-state index is 13.5. The highest BCUT2D eigenvalue weighted by Gasteiger charge is 2.31. The number of halogens is 3. The van der Waals surface area contributed by atoms with Gasteiger partial charge in [0.25, 0.3) is 5.91 Å². The minimum atomic E-state index is -4.61. The van der Waals surface area contributed by atoms with Crippen molar-refractivity contribution in [3.8, 4) is 5.69 Å². The Labute approximate surface area is 267 Å². The van der Waals surface area contributed by atoms with Crippen LogP contribution >= 0.6 is 11.8 Å². The number of benzene rings is 3. The van der Waals surface area contributed by atoms with E-state index in [2.05, 4.69) is 20.8 Å². The molecule has 4 aromatic rings. The first-order valence-electron chi connectivity index (χ1n) is 14.0. The van der Waals surface area contributed by atoms with Crippen LogP contribution in [0, 0.1) is 6.92 Å². The quantitative estimate of drug-likeness (QED) is 0.238. The van der Waals surface area contributed by atoms with Gasteiger partial charge in [0.15, 0.2) is 11.0 Å². The molecule has 46 heavy (non-hydrogen) atoms. The van der Waals surface area contributed by atoms with Gasteiger partial charge in [0.1, 0.15) is 0 Å². The molecule has 2 amide bonds. The zero-order valence-corrected chi connectivity index (χ0v) is 26.1. The first-order chi connectivity index (χ1) is 21.9. The number of aryl methyl sites for hydroxylation is 1. The Morgan fingerprint density at radius 1 is 0.978 bits per heavy atom. The third kappa shape index (κ3) is 7.93. The van der Waals surface area contributed by atoms with E-state index in [9.17, 15) is 31.2 Å². The largest absolute Gasteiger partial charge is 0.416 e. The molecule has 1 fully saturated rings. The number of carbonyl (C=O) groups is 2. The predicted molar refractivity (Wildman–Crippen MR) is 164 cm³/mol. The number of thioether (sulfide) groups is 1. The first kappa shape index (κ1) is 33.1. The summed E-state index contributed by atoms with van der Waals surface area (Å²) in [5.74, 6) is -0.929. The van der Waals surface area contributed by atoms with Crippen molar-refractivity contribution < 1.29 is 35.9 Å². The number of sulfonamides is 1. The predicted octanol–water partition coefficient (Wildman–Crippen LogP) is 4.28. The van der Waals surface area contributed by atoms with Crippen LogP contribution < -0.4 is 10.6 Å². The standard InChI is InChI=1S/C30H29F3N6O5S2/c1-20-4-2-6-23(16-20)35-27(40)19-45-29-37-36-26(39(29)24-7-3-5-22(17-24)30(31,32)33)18-34-28(41)21-8-10-25(11-9-21)46(42,43)38-12-14-44-15-13-38/h2-11,16-17H,12-15,18-19H2,1H3,(H,34,41)(H,35,40). The van der Waals surface area contributed by atoms with Crippen LogP contribution in [-0.4, -0.2) is 71.4 Å². The minimum absolute atomic E-state index is 0.0309. The molecule has 16 heteroatoms. The van der Waals surface area contributed by atoms with Gasteiger partial charge in [-0.25, -0.2) is 8.42 Å². The molecule has 3 aromatic carbocycles. The number of carbonyl (C=O) groups excluding carboxylic acids is 2. The molecule has 0 aliphatic carbocycles. The Hall–Kier alpha value is -4.25. The molecule has 5 rings (SSSR count). The molecule has 2 N–H and O–H groups in total. The van der Waals surface area contributed by atoms with Gasteiger partial charge in [-0.1, -0.05) is 30.0 Å². The smallest absolute Gasteiger partial charge is 0.379 e. The van der Waals surface area contributed by atoms with Gasteiger partial charge in [-0.15, -0.1) is 10.2 Å². The van der Waals surface area contributed by atoms with Crippen LogP contribution in [0.5, 0.6) is 0 Å². The summed E-state index contributed by atoms with van der Waals surface area (Å²) in [4.78, 5) is 25.7. The normalized spacial score (nSPS) is 14.2. The van der Waals surface area contributed by atoms with Crippen LogP contribution in [0.1, 0.15) is 27.3 Å². The zero-order chi connectivity index (χ0) is 32.9. The molecule has 11 nitrogen and oxygen atoms in total. The molecule has 1 aromatic heterocycles. The third-order valence-corrected chi connectivity index (χ3v) is 9.74. The minimum Gasteiger partial charge on any atom is -0.379 e. The summed E-state index contributed by atoms with van der Waals surface area (Å²) in [7, 11) is -3.75. The number of rotatable bonds is 10. The monoisotopic (exact) mass is 674 g/mol.